The Kier molecular flexibility index (Phi) is 4.59. The minimum absolute atomic E-state index is 0.468. The molecule has 3 rings (SSSR count). The Morgan fingerprint density at radius 1 is 0.870 bits per heavy atom. The molecule has 0 fully saturated rings. The van der Waals surface area contributed by atoms with E-state index in [1.807, 2.05) is 61.5 Å². The summed E-state index contributed by atoms with van der Waals surface area (Å²) < 4.78 is 5.77. The van der Waals surface area contributed by atoms with Crippen molar-refractivity contribution in [3.05, 3.63) is 78.6 Å². The molecule has 5 heteroatoms. The molecule has 0 atom stereocenters. The van der Waals surface area contributed by atoms with Crippen LogP contribution in [0.3, 0.4) is 0 Å². The van der Waals surface area contributed by atoms with Gasteiger partial charge in [0.05, 0.1) is 5.71 Å². The third kappa shape index (κ3) is 4.14. The summed E-state index contributed by atoms with van der Waals surface area (Å²) in [5, 5.41) is 4.28. The average Bonchev–Trinajstić information content (AvgIpc) is 2.62. The first-order chi connectivity index (χ1) is 11.3. The maximum absolute atomic E-state index is 5.77. The van der Waals surface area contributed by atoms with Crippen LogP contribution < -0.4 is 10.2 Å². The van der Waals surface area contributed by atoms with Gasteiger partial charge in [0.25, 0.3) is 0 Å². The second kappa shape index (κ2) is 7.17. The molecule has 114 valence electrons. The summed E-state index contributed by atoms with van der Waals surface area (Å²) in [6.07, 6.45) is 3.33. The van der Waals surface area contributed by atoms with Crippen molar-refractivity contribution in [3.63, 3.8) is 0 Å². The van der Waals surface area contributed by atoms with Gasteiger partial charge in [-0.2, -0.15) is 5.10 Å². The molecule has 0 saturated carbocycles. The van der Waals surface area contributed by atoms with Crippen molar-refractivity contribution in [2.75, 3.05) is 5.43 Å². The second-order valence-electron chi connectivity index (χ2n) is 4.82. The first-order valence-corrected chi connectivity index (χ1v) is 7.22. The Morgan fingerprint density at radius 3 is 2.22 bits per heavy atom. The minimum atomic E-state index is 0.468. The van der Waals surface area contributed by atoms with Crippen molar-refractivity contribution in [1.82, 2.24) is 9.97 Å². The number of anilines is 1. The molecule has 0 saturated heterocycles. The lowest BCUT2D eigenvalue weighted by Gasteiger charge is -2.07. The predicted molar refractivity (Wildman–Crippen MR) is 90.8 cm³/mol. The van der Waals surface area contributed by atoms with Crippen LogP contribution in [0.25, 0.3) is 0 Å². The van der Waals surface area contributed by atoms with Crippen LogP contribution in [0.2, 0.25) is 0 Å². The van der Waals surface area contributed by atoms with Crippen LogP contribution in [0.1, 0.15) is 12.5 Å². The number of para-hydroxylation sites is 1. The van der Waals surface area contributed by atoms with E-state index in [9.17, 15) is 0 Å². The Balaban J connectivity index is 1.66. The lowest BCUT2D eigenvalue weighted by Crippen LogP contribution is -2.01. The highest BCUT2D eigenvalue weighted by atomic mass is 16.5. The number of nitrogens with one attached hydrogen (secondary N) is 1. The molecule has 2 aromatic carbocycles. The largest absolute Gasteiger partial charge is 0.457 e. The zero-order valence-electron chi connectivity index (χ0n) is 12.7. The highest BCUT2D eigenvalue weighted by molar-refractivity contribution is 5.99. The molecular formula is C18H16N4O. The van der Waals surface area contributed by atoms with Crippen molar-refractivity contribution in [1.29, 1.82) is 0 Å². The Hall–Kier alpha value is -3.21. The van der Waals surface area contributed by atoms with Crippen molar-refractivity contribution in [2.45, 2.75) is 6.92 Å². The highest BCUT2D eigenvalue weighted by Gasteiger charge is 2.01. The molecule has 0 radical (unpaired) electrons. The number of ether oxygens (including phenoxy) is 1. The van der Waals surface area contributed by atoms with E-state index in [1.54, 1.807) is 18.5 Å². The summed E-state index contributed by atoms with van der Waals surface area (Å²) in [7, 11) is 0. The molecule has 0 bridgehead atoms. The van der Waals surface area contributed by atoms with E-state index in [-0.39, 0.29) is 0 Å². The van der Waals surface area contributed by atoms with E-state index >= 15 is 0 Å². The van der Waals surface area contributed by atoms with Crippen LogP contribution in [0.15, 0.2) is 78.2 Å². The summed E-state index contributed by atoms with van der Waals surface area (Å²) in [6, 6.07) is 19.2. The van der Waals surface area contributed by atoms with E-state index in [0.29, 0.717) is 5.95 Å². The van der Waals surface area contributed by atoms with Gasteiger partial charge in [-0.05, 0) is 55.0 Å². The number of nitrogens with zero attached hydrogens (tertiary/aromatic N) is 3. The van der Waals surface area contributed by atoms with Crippen molar-refractivity contribution >= 4 is 11.7 Å². The van der Waals surface area contributed by atoms with Gasteiger partial charge in [-0.1, -0.05) is 18.2 Å². The molecule has 0 aliphatic carbocycles. The highest BCUT2D eigenvalue weighted by Crippen LogP contribution is 2.21. The summed E-state index contributed by atoms with van der Waals surface area (Å²) >= 11 is 0. The van der Waals surface area contributed by atoms with Gasteiger partial charge in [-0.15, -0.1) is 0 Å². The zero-order valence-corrected chi connectivity index (χ0v) is 12.7. The van der Waals surface area contributed by atoms with Gasteiger partial charge < -0.3 is 4.74 Å². The fourth-order valence-corrected chi connectivity index (χ4v) is 1.94. The van der Waals surface area contributed by atoms with E-state index in [1.165, 1.54) is 0 Å². The first-order valence-electron chi connectivity index (χ1n) is 7.22. The van der Waals surface area contributed by atoms with Crippen LogP contribution in [0.5, 0.6) is 11.5 Å². The van der Waals surface area contributed by atoms with Crippen LogP contribution in [0.4, 0.5) is 5.95 Å². The van der Waals surface area contributed by atoms with Gasteiger partial charge in [0.1, 0.15) is 11.5 Å². The fourth-order valence-electron chi connectivity index (χ4n) is 1.94. The predicted octanol–water partition coefficient (Wildman–Crippen LogP) is 4.11. The van der Waals surface area contributed by atoms with Gasteiger partial charge >= 0.3 is 0 Å². The molecule has 5 nitrogen and oxygen atoms in total. The van der Waals surface area contributed by atoms with E-state index in [4.69, 9.17) is 4.74 Å². The Bertz CT molecular complexity index is 771. The quantitative estimate of drug-likeness (QED) is 0.569. The minimum Gasteiger partial charge on any atom is -0.457 e. The smallest absolute Gasteiger partial charge is 0.243 e. The molecule has 0 aliphatic rings. The number of hydrogen-bond acceptors (Lipinski definition) is 5. The van der Waals surface area contributed by atoms with Gasteiger partial charge in [0.2, 0.25) is 5.95 Å². The van der Waals surface area contributed by atoms with Gasteiger partial charge in [-0.25, -0.2) is 15.4 Å². The number of benzene rings is 2. The maximum atomic E-state index is 5.77. The van der Waals surface area contributed by atoms with Crippen molar-refractivity contribution < 1.29 is 4.74 Å². The number of hydrogen-bond donors (Lipinski definition) is 1. The summed E-state index contributed by atoms with van der Waals surface area (Å²) in [5.74, 6) is 2.07. The van der Waals surface area contributed by atoms with E-state index < -0.39 is 0 Å². The molecule has 0 unspecified atom stereocenters. The van der Waals surface area contributed by atoms with E-state index in [2.05, 4.69) is 20.5 Å². The third-order valence-electron chi connectivity index (χ3n) is 3.14. The zero-order chi connectivity index (χ0) is 15.9. The van der Waals surface area contributed by atoms with Crippen LogP contribution in [0, 0.1) is 0 Å². The van der Waals surface area contributed by atoms with Crippen LogP contribution >= 0.6 is 0 Å². The van der Waals surface area contributed by atoms with Crippen molar-refractivity contribution in [3.8, 4) is 11.5 Å². The monoisotopic (exact) mass is 304 g/mol. The maximum Gasteiger partial charge on any atom is 0.243 e. The molecule has 0 aliphatic heterocycles. The summed E-state index contributed by atoms with van der Waals surface area (Å²) in [4.78, 5) is 8.11. The van der Waals surface area contributed by atoms with Crippen molar-refractivity contribution in [2.24, 2.45) is 5.10 Å². The molecule has 0 amide bonds. The topological polar surface area (TPSA) is 59.4 Å². The van der Waals surface area contributed by atoms with Crippen LogP contribution in [-0.4, -0.2) is 15.7 Å². The van der Waals surface area contributed by atoms with Gasteiger partial charge in [0, 0.05) is 12.4 Å². The van der Waals surface area contributed by atoms with Gasteiger partial charge in [0.15, 0.2) is 0 Å². The number of rotatable bonds is 5. The van der Waals surface area contributed by atoms with Gasteiger partial charge in [-0.3, -0.25) is 0 Å². The molecule has 23 heavy (non-hydrogen) atoms. The normalized spacial score (nSPS) is 11.1. The molecule has 1 N–H and O–H groups in total. The molecule has 1 heterocycles. The number of aromatic nitrogens is 2. The van der Waals surface area contributed by atoms with Crippen LogP contribution in [-0.2, 0) is 0 Å². The molecule has 3 aromatic rings. The summed E-state index contributed by atoms with van der Waals surface area (Å²) in [5.41, 5.74) is 4.66. The lowest BCUT2D eigenvalue weighted by atomic mass is 10.1. The SMILES string of the molecule is C/C(=N\Nc1ncccn1)c1ccc(Oc2ccccc2)cc1. The molecular weight excluding hydrogens is 288 g/mol. The molecule has 1 aromatic heterocycles. The standard InChI is InChI=1S/C18H16N4O/c1-14(21-22-18-19-12-5-13-20-18)15-8-10-17(11-9-15)23-16-6-3-2-4-7-16/h2-13H,1H3,(H,19,20,22)/b21-14+. The van der Waals surface area contributed by atoms with E-state index in [0.717, 1.165) is 22.8 Å². The molecule has 0 spiro atoms. The average molecular weight is 304 g/mol. The first kappa shape index (κ1) is 14.7. The Morgan fingerprint density at radius 2 is 1.52 bits per heavy atom. The second-order valence-corrected chi connectivity index (χ2v) is 4.82. The number of hydrazone groups is 1. The Labute approximate surface area is 134 Å². The lowest BCUT2D eigenvalue weighted by molar-refractivity contribution is 0.482. The fraction of sp³-hybridized carbons (Fsp3) is 0.0556. The third-order valence-corrected chi connectivity index (χ3v) is 3.14. The summed E-state index contributed by atoms with van der Waals surface area (Å²) in [6.45, 7) is 1.92.